The molecule has 1 aromatic heterocycles. The van der Waals surface area contributed by atoms with Gasteiger partial charge in [-0.3, -0.25) is 19.6 Å². The summed E-state index contributed by atoms with van der Waals surface area (Å²) >= 11 is 6.27. The molecular formula is C25H21ClN4O4. The van der Waals surface area contributed by atoms with E-state index in [1.165, 1.54) is 6.07 Å². The predicted molar refractivity (Wildman–Crippen MR) is 129 cm³/mol. The summed E-state index contributed by atoms with van der Waals surface area (Å²) in [6.45, 7) is 2.36. The van der Waals surface area contributed by atoms with E-state index in [4.69, 9.17) is 16.3 Å². The Morgan fingerprint density at radius 3 is 2.62 bits per heavy atom. The van der Waals surface area contributed by atoms with E-state index in [9.17, 15) is 14.9 Å². The van der Waals surface area contributed by atoms with Gasteiger partial charge >= 0.3 is 5.69 Å². The van der Waals surface area contributed by atoms with Gasteiger partial charge in [-0.1, -0.05) is 60.1 Å². The summed E-state index contributed by atoms with van der Waals surface area (Å²) in [5.41, 5.74) is 2.79. The first-order valence-corrected chi connectivity index (χ1v) is 10.8. The largest absolute Gasteiger partial charge is 0.482 e. The Morgan fingerprint density at radius 2 is 1.85 bits per heavy atom. The summed E-state index contributed by atoms with van der Waals surface area (Å²) < 4.78 is 7.32. The van der Waals surface area contributed by atoms with Gasteiger partial charge in [0.25, 0.3) is 5.91 Å². The second kappa shape index (κ2) is 10.2. The van der Waals surface area contributed by atoms with Crippen LogP contribution in [-0.2, 0) is 13.2 Å². The number of carbonyl (C=O) groups is 1. The molecule has 8 nitrogen and oxygen atoms in total. The summed E-state index contributed by atoms with van der Waals surface area (Å²) in [4.78, 5) is 23.6. The maximum atomic E-state index is 12.8. The lowest BCUT2D eigenvalue weighted by Gasteiger charge is -2.09. The van der Waals surface area contributed by atoms with Gasteiger partial charge in [-0.25, -0.2) is 0 Å². The number of nitrogens with one attached hydrogen (secondary N) is 1. The van der Waals surface area contributed by atoms with Crippen LogP contribution in [0.1, 0.15) is 27.0 Å². The van der Waals surface area contributed by atoms with Crippen LogP contribution in [0.15, 0.2) is 79.0 Å². The first kappa shape index (κ1) is 23.0. The molecule has 0 radical (unpaired) electrons. The van der Waals surface area contributed by atoms with E-state index in [0.29, 0.717) is 22.7 Å². The Morgan fingerprint density at radius 1 is 1.09 bits per heavy atom. The van der Waals surface area contributed by atoms with Gasteiger partial charge in [0.05, 0.1) is 11.5 Å². The van der Waals surface area contributed by atoms with E-state index in [0.717, 1.165) is 11.1 Å². The summed E-state index contributed by atoms with van der Waals surface area (Å²) in [5.74, 6) is 0.0516. The van der Waals surface area contributed by atoms with Crippen molar-refractivity contribution in [2.24, 2.45) is 0 Å². The fourth-order valence-electron chi connectivity index (χ4n) is 3.37. The minimum Gasteiger partial charge on any atom is -0.482 e. The molecule has 0 aliphatic rings. The monoisotopic (exact) mass is 476 g/mol. The Hall–Kier alpha value is -4.17. The molecule has 4 aromatic rings. The fraction of sp³-hybridized carbons (Fsp3) is 0.120. The van der Waals surface area contributed by atoms with Crippen molar-refractivity contribution >= 4 is 29.0 Å². The zero-order valence-electron chi connectivity index (χ0n) is 18.3. The number of aryl methyl sites for hydroxylation is 1. The second-order valence-corrected chi connectivity index (χ2v) is 8.09. The van der Waals surface area contributed by atoms with Crippen molar-refractivity contribution < 1.29 is 14.5 Å². The number of carbonyl (C=O) groups excluding carboxylic acids is 1. The maximum absolute atomic E-state index is 12.8. The van der Waals surface area contributed by atoms with Crippen LogP contribution in [0.5, 0.6) is 5.75 Å². The van der Waals surface area contributed by atoms with Crippen molar-refractivity contribution in [2.75, 3.05) is 5.32 Å². The zero-order chi connectivity index (χ0) is 24.1. The molecule has 9 heteroatoms. The Bertz CT molecular complexity index is 1340. The molecule has 0 spiro atoms. The van der Waals surface area contributed by atoms with Gasteiger partial charge in [0.1, 0.15) is 11.6 Å². The molecule has 0 aliphatic heterocycles. The Labute approximate surface area is 200 Å². The zero-order valence-corrected chi connectivity index (χ0v) is 19.0. The van der Waals surface area contributed by atoms with E-state index < -0.39 is 4.92 Å². The maximum Gasteiger partial charge on any atom is 0.311 e. The van der Waals surface area contributed by atoms with Gasteiger partial charge < -0.3 is 10.1 Å². The third-order valence-electron chi connectivity index (χ3n) is 5.03. The lowest BCUT2D eigenvalue weighted by atomic mass is 10.1. The van der Waals surface area contributed by atoms with Crippen molar-refractivity contribution in [1.82, 2.24) is 9.78 Å². The molecule has 0 unspecified atom stereocenters. The summed E-state index contributed by atoms with van der Waals surface area (Å²) in [5, 5.41) is 18.7. The van der Waals surface area contributed by atoms with E-state index in [-0.39, 0.29) is 29.8 Å². The molecule has 0 bridgehead atoms. The van der Waals surface area contributed by atoms with Crippen molar-refractivity contribution in [2.45, 2.75) is 20.1 Å². The molecule has 172 valence electrons. The minimum atomic E-state index is -0.479. The summed E-state index contributed by atoms with van der Waals surface area (Å²) in [6, 6.07) is 21.3. The van der Waals surface area contributed by atoms with Gasteiger partial charge in [0.2, 0.25) is 0 Å². The van der Waals surface area contributed by atoms with E-state index in [1.54, 1.807) is 54.2 Å². The van der Waals surface area contributed by atoms with Crippen molar-refractivity contribution in [3.8, 4) is 5.75 Å². The van der Waals surface area contributed by atoms with Crippen molar-refractivity contribution in [3.05, 3.63) is 116 Å². The number of amides is 1. The van der Waals surface area contributed by atoms with Crippen LogP contribution in [0.3, 0.4) is 0 Å². The number of halogens is 1. The van der Waals surface area contributed by atoms with Crippen LogP contribution in [0.4, 0.5) is 11.5 Å². The number of hydrogen-bond donors (Lipinski definition) is 1. The van der Waals surface area contributed by atoms with Crippen LogP contribution in [-0.4, -0.2) is 20.6 Å². The number of anilines is 1. The van der Waals surface area contributed by atoms with E-state index in [1.807, 2.05) is 30.3 Å². The Kier molecular flexibility index (Phi) is 6.89. The lowest BCUT2D eigenvalue weighted by Crippen LogP contribution is -2.13. The molecular weight excluding hydrogens is 456 g/mol. The van der Waals surface area contributed by atoms with Crippen molar-refractivity contribution in [1.29, 1.82) is 0 Å². The SMILES string of the molecule is Cc1ccc(OCc2cccc(C(=O)Nc3nn(Cc4ccccc4)cc3Cl)c2)c([N+](=O)[O-])c1. The average molecular weight is 477 g/mol. The van der Waals surface area contributed by atoms with Gasteiger partial charge in [-0.05, 0) is 41.8 Å². The van der Waals surface area contributed by atoms with Crippen LogP contribution in [0.2, 0.25) is 5.02 Å². The highest BCUT2D eigenvalue weighted by Gasteiger charge is 2.16. The molecule has 3 aromatic carbocycles. The normalized spacial score (nSPS) is 10.6. The quantitative estimate of drug-likeness (QED) is 0.262. The third kappa shape index (κ3) is 5.60. The molecule has 1 amide bonds. The second-order valence-electron chi connectivity index (χ2n) is 7.68. The number of benzene rings is 3. The van der Waals surface area contributed by atoms with Gasteiger partial charge in [0, 0.05) is 17.8 Å². The average Bonchev–Trinajstić information content (AvgIpc) is 3.17. The first-order chi connectivity index (χ1) is 16.4. The number of ether oxygens (including phenoxy) is 1. The van der Waals surface area contributed by atoms with Gasteiger partial charge in [0.15, 0.2) is 11.6 Å². The smallest absolute Gasteiger partial charge is 0.311 e. The third-order valence-corrected chi connectivity index (χ3v) is 5.31. The number of aromatic nitrogens is 2. The molecule has 0 aliphatic carbocycles. The van der Waals surface area contributed by atoms with Crippen LogP contribution in [0.25, 0.3) is 0 Å². The predicted octanol–water partition coefficient (Wildman–Crippen LogP) is 5.63. The number of nitro benzene ring substituents is 1. The van der Waals surface area contributed by atoms with Crippen LogP contribution < -0.4 is 10.1 Å². The number of rotatable bonds is 8. The number of nitro groups is 1. The van der Waals surface area contributed by atoms with Gasteiger partial charge in [-0.15, -0.1) is 0 Å². The molecule has 34 heavy (non-hydrogen) atoms. The van der Waals surface area contributed by atoms with Crippen molar-refractivity contribution in [3.63, 3.8) is 0 Å². The fourth-order valence-corrected chi connectivity index (χ4v) is 3.57. The molecule has 1 N–H and O–H groups in total. The molecule has 0 saturated carbocycles. The number of hydrogen-bond acceptors (Lipinski definition) is 5. The Balaban J connectivity index is 1.43. The molecule has 0 atom stereocenters. The summed E-state index contributed by atoms with van der Waals surface area (Å²) in [6.07, 6.45) is 1.66. The highest BCUT2D eigenvalue weighted by Crippen LogP contribution is 2.28. The molecule has 4 rings (SSSR count). The highest BCUT2D eigenvalue weighted by molar-refractivity contribution is 6.33. The van der Waals surface area contributed by atoms with Crippen LogP contribution >= 0.6 is 11.6 Å². The standard InChI is InChI=1S/C25H21ClN4O4/c1-17-10-11-23(22(12-17)30(32)33)34-16-19-8-5-9-20(13-19)25(31)27-24-21(26)15-29(28-24)14-18-6-3-2-4-7-18/h2-13,15H,14,16H2,1H3,(H,27,28,31). The van der Waals surface area contributed by atoms with E-state index >= 15 is 0 Å². The summed E-state index contributed by atoms with van der Waals surface area (Å²) in [7, 11) is 0. The van der Waals surface area contributed by atoms with Gasteiger partial charge in [-0.2, -0.15) is 5.10 Å². The molecule has 0 saturated heterocycles. The first-order valence-electron chi connectivity index (χ1n) is 10.4. The molecule has 1 heterocycles. The van der Waals surface area contributed by atoms with Crippen LogP contribution in [0, 0.1) is 17.0 Å². The minimum absolute atomic E-state index is 0.0669. The topological polar surface area (TPSA) is 99.3 Å². The molecule has 0 fully saturated rings. The lowest BCUT2D eigenvalue weighted by molar-refractivity contribution is -0.386. The number of nitrogens with zero attached hydrogens (tertiary/aromatic N) is 3. The highest BCUT2D eigenvalue weighted by atomic mass is 35.5. The van der Waals surface area contributed by atoms with E-state index in [2.05, 4.69) is 10.4 Å².